The summed E-state index contributed by atoms with van der Waals surface area (Å²) in [5.74, 6) is 0. The predicted molar refractivity (Wildman–Crippen MR) is 32.4 cm³/mol. The Morgan fingerprint density at radius 2 is 2.30 bits per heavy atom. The number of fused-ring (bicyclic) bond motifs is 1. The van der Waals surface area contributed by atoms with Crippen molar-refractivity contribution in [1.29, 1.82) is 0 Å². The van der Waals surface area contributed by atoms with Gasteiger partial charge in [0.1, 0.15) is 6.04 Å². The summed E-state index contributed by atoms with van der Waals surface area (Å²) in [6.45, 7) is 3.84. The Balaban J connectivity index is 2.13. The minimum Gasteiger partial charge on any atom is -0.417 e. The second kappa shape index (κ2) is 1.45. The summed E-state index contributed by atoms with van der Waals surface area (Å²) in [5, 5.41) is 2.66. The molecular weight excluding hydrogens is 134 g/mol. The van der Waals surface area contributed by atoms with E-state index in [1.165, 1.54) is 0 Å². The fourth-order valence-corrected chi connectivity index (χ4v) is 1.30. The normalized spacial score (nSPS) is 41.2. The van der Waals surface area contributed by atoms with Crippen LogP contribution in [-0.4, -0.2) is 24.0 Å². The van der Waals surface area contributed by atoms with Crippen molar-refractivity contribution in [1.82, 2.24) is 5.32 Å². The largest absolute Gasteiger partial charge is 0.417 e. The van der Waals surface area contributed by atoms with Crippen molar-refractivity contribution in [3.63, 3.8) is 0 Å². The van der Waals surface area contributed by atoms with Gasteiger partial charge in [0.15, 0.2) is 0 Å². The van der Waals surface area contributed by atoms with Crippen LogP contribution >= 0.6 is 0 Å². The monoisotopic (exact) mass is 143 g/mol. The molecule has 2 heterocycles. The Hall–Kier alpha value is -0.770. The summed E-state index contributed by atoms with van der Waals surface area (Å²) in [5.41, 5.74) is -0.253. The average molecular weight is 143 g/mol. The Morgan fingerprint density at radius 1 is 1.60 bits per heavy atom. The van der Waals surface area contributed by atoms with Gasteiger partial charge in [0.2, 0.25) is 6.29 Å². The molecule has 56 valence electrons. The van der Waals surface area contributed by atoms with Crippen LogP contribution in [0.1, 0.15) is 13.8 Å². The first-order valence-electron chi connectivity index (χ1n) is 3.24. The Labute approximate surface area is 58.5 Å². The van der Waals surface area contributed by atoms with Gasteiger partial charge in [-0.25, -0.2) is 4.79 Å². The molecule has 2 aliphatic heterocycles. The van der Waals surface area contributed by atoms with Crippen LogP contribution in [0, 0.1) is 0 Å². The van der Waals surface area contributed by atoms with Gasteiger partial charge in [0.25, 0.3) is 0 Å². The Bertz CT molecular complexity index is 189. The maximum atomic E-state index is 10.6. The highest BCUT2D eigenvalue weighted by Crippen LogP contribution is 2.36. The minimum atomic E-state index is -0.374. The molecule has 0 aromatic carbocycles. The molecule has 2 atom stereocenters. The molecule has 2 unspecified atom stereocenters. The van der Waals surface area contributed by atoms with Gasteiger partial charge in [-0.3, -0.25) is 0 Å². The molecular formula is C6H9NO3. The molecule has 0 aromatic heterocycles. The number of alkyl carbamates (subject to hydrolysis) is 1. The second-order valence-electron chi connectivity index (χ2n) is 3.12. The number of rotatable bonds is 0. The molecule has 2 saturated heterocycles. The average Bonchev–Trinajstić information content (AvgIpc) is 2.08. The molecule has 1 N–H and O–H groups in total. The third kappa shape index (κ3) is 0.568. The van der Waals surface area contributed by atoms with Crippen LogP contribution in [0.25, 0.3) is 0 Å². The molecule has 4 nitrogen and oxygen atoms in total. The third-order valence-electron chi connectivity index (χ3n) is 1.94. The number of hydrogen-bond acceptors (Lipinski definition) is 3. The minimum absolute atomic E-state index is 0.0417. The highest BCUT2D eigenvalue weighted by atomic mass is 16.7. The zero-order chi connectivity index (χ0) is 7.35. The number of nitrogens with one attached hydrogen (secondary N) is 1. The van der Waals surface area contributed by atoms with Gasteiger partial charge in [0, 0.05) is 0 Å². The Morgan fingerprint density at radius 3 is 2.70 bits per heavy atom. The van der Waals surface area contributed by atoms with Gasteiger partial charge < -0.3 is 14.8 Å². The molecule has 2 aliphatic rings. The molecule has 0 saturated carbocycles. The maximum absolute atomic E-state index is 10.6. The molecule has 2 fully saturated rings. The van der Waals surface area contributed by atoms with E-state index in [-0.39, 0.29) is 24.0 Å². The van der Waals surface area contributed by atoms with E-state index in [9.17, 15) is 4.79 Å². The van der Waals surface area contributed by atoms with E-state index in [4.69, 9.17) is 9.47 Å². The lowest BCUT2D eigenvalue weighted by atomic mass is 9.93. The second-order valence-corrected chi connectivity index (χ2v) is 3.12. The van der Waals surface area contributed by atoms with Crippen LogP contribution in [0.2, 0.25) is 0 Å². The fourth-order valence-electron chi connectivity index (χ4n) is 1.30. The van der Waals surface area contributed by atoms with Crippen LogP contribution in [0.15, 0.2) is 0 Å². The molecule has 0 bridgehead atoms. The molecule has 1 amide bonds. The van der Waals surface area contributed by atoms with E-state index in [1.807, 2.05) is 13.8 Å². The maximum Gasteiger partial charge on any atom is 0.410 e. The van der Waals surface area contributed by atoms with E-state index in [0.717, 1.165) is 0 Å². The van der Waals surface area contributed by atoms with Gasteiger partial charge in [-0.2, -0.15) is 0 Å². The summed E-state index contributed by atoms with van der Waals surface area (Å²) in [6.07, 6.45) is -0.719. The van der Waals surface area contributed by atoms with E-state index in [1.54, 1.807) is 0 Å². The van der Waals surface area contributed by atoms with Crippen molar-refractivity contribution >= 4 is 6.09 Å². The molecule has 2 rings (SSSR count). The lowest BCUT2D eigenvalue weighted by molar-refractivity contribution is -0.270. The van der Waals surface area contributed by atoms with Crippen molar-refractivity contribution < 1.29 is 14.3 Å². The number of amides is 1. The van der Waals surface area contributed by atoms with Crippen molar-refractivity contribution in [2.75, 3.05) is 0 Å². The first kappa shape index (κ1) is 5.97. The van der Waals surface area contributed by atoms with Gasteiger partial charge in [-0.05, 0) is 13.8 Å². The summed E-state index contributed by atoms with van der Waals surface area (Å²) >= 11 is 0. The summed E-state index contributed by atoms with van der Waals surface area (Å²) in [7, 11) is 0. The van der Waals surface area contributed by atoms with E-state index >= 15 is 0 Å². The zero-order valence-corrected chi connectivity index (χ0v) is 5.88. The van der Waals surface area contributed by atoms with Crippen LogP contribution in [0.3, 0.4) is 0 Å². The quantitative estimate of drug-likeness (QED) is 0.528. The first-order chi connectivity index (χ1) is 4.59. The molecule has 0 spiro atoms. The SMILES string of the molecule is CC1(C)OC2OC(=O)NC21. The number of ether oxygens (including phenoxy) is 2. The van der Waals surface area contributed by atoms with Crippen molar-refractivity contribution in [2.24, 2.45) is 0 Å². The molecule has 4 heteroatoms. The van der Waals surface area contributed by atoms with Crippen molar-refractivity contribution in [3.8, 4) is 0 Å². The Kier molecular flexibility index (Phi) is 0.866. The topological polar surface area (TPSA) is 47.6 Å². The van der Waals surface area contributed by atoms with E-state index < -0.39 is 0 Å². The zero-order valence-electron chi connectivity index (χ0n) is 5.88. The van der Waals surface area contributed by atoms with Gasteiger partial charge in [-0.1, -0.05) is 0 Å². The summed E-state index contributed by atoms with van der Waals surface area (Å²) in [6, 6.07) is 0.0417. The summed E-state index contributed by atoms with van der Waals surface area (Å²) < 4.78 is 9.94. The highest BCUT2D eigenvalue weighted by molar-refractivity contribution is 5.70. The highest BCUT2D eigenvalue weighted by Gasteiger charge is 2.56. The first-order valence-corrected chi connectivity index (χ1v) is 3.24. The van der Waals surface area contributed by atoms with Crippen molar-refractivity contribution in [2.45, 2.75) is 31.8 Å². The van der Waals surface area contributed by atoms with Gasteiger partial charge in [0.05, 0.1) is 5.60 Å². The molecule has 0 radical (unpaired) electrons. The smallest absolute Gasteiger partial charge is 0.410 e. The van der Waals surface area contributed by atoms with Crippen LogP contribution in [0.5, 0.6) is 0 Å². The van der Waals surface area contributed by atoms with Crippen molar-refractivity contribution in [3.05, 3.63) is 0 Å². The lowest BCUT2D eigenvalue weighted by Crippen LogP contribution is -2.63. The number of carbonyl (C=O) groups is 1. The van der Waals surface area contributed by atoms with Gasteiger partial charge >= 0.3 is 6.09 Å². The number of hydrogen-bond donors (Lipinski definition) is 1. The van der Waals surface area contributed by atoms with E-state index in [0.29, 0.717) is 0 Å². The molecule has 0 aromatic rings. The van der Waals surface area contributed by atoms with Crippen LogP contribution in [-0.2, 0) is 9.47 Å². The summed E-state index contributed by atoms with van der Waals surface area (Å²) in [4.78, 5) is 10.6. The van der Waals surface area contributed by atoms with Crippen LogP contribution in [0.4, 0.5) is 4.79 Å². The van der Waals surface area contributed by atoms with Gasteiger partial charge in [-0.15, -0.1) is 0 Å². The van der Waals surface area contributed by atoms with Crippen LogP contribution < -0.4 is 5.32 Å². The fraction of sp³-hybridized carbons (Fsp3) is 0.833. The predicted octanol–water partition coefficient (Wildman–Crippen LogP) is 0.230. The molecule has 10 heavy (non-hydrogen) atoms. The lowest BCUT2D eigenvalue weighted by Gasteiger charge is -2.44. The number of carbonyl (C=O) groups excluding carboxylic acids is 1. The van der Waals surface area contributed by atoms with E-state index in [2.05, 4.69) is 5.32 Å². The molecule has 0 aliphatic carbocycles. The third-order valence-corrected chi connectivity index (χ3v) is 1.94. The standard InChI is InChI=1S/C6H9NO3/c1-6(2)3-4(10-6)9-5(8)7-3/h3-4H,1-2H3,(H,7,8).